The lowest BCUT2D eigenvalue weighted by Gasteiger charge is -1.96. The van der Waals surface area contributed by atoms with Gasteiger partial charge in [0, 0.05) is 10.9 Å². The summed E-state index contributed by atoms with van der Waals surface area (Å²) in [7, 11) is 0. The Morgan fingerprint density at radius 3 is 2.55 bits per heavy atom. The fourth-order valence-corrected chi connectivity index (χ4v) is 1.65. The van der Waals surface area contributed by atoms with Gasteiger partial charge in [-0.15, -0.1) is 0 Å². The van der Waals surface area contributed by atoms with Crippen molar-refractivity contribution in [1.29, 1.82) is 0 Å². The molecule has 0 radical (unpaired) electrons. The number of hydrogen-bond acceptors (Lipinski definition) is 2. The molecule has 1 aromatic rings. The molecule has 2 heteroatoms. The predicted molar refractivity (Wildman–Crippen MR) is 48.2 cm³/mol. The van der Waals surface area contributed by atoms with Gasteiger partial charge in [-0.1, -0.05) is 6.58 Å². The third-order valence-corrected chi connectivity index (χ3v) is 2.35. The molecule has 1 rings (SSSR count). The molecule has 1 aromatic heterocycles. The average molecular weight is 166 g/mol. The first kappa shape index (κ1) is 8.21. The lowest BCUT2D eigenvalue weighted by atomic mass is 10.1. The molecule has 0 amide bonds. The first-order valence-corrected chi connectivity index (χ1v) is 4.30. The van der Waals surface area contributed by atoms with Crippen LogP contribution in [-0.2, 0) is 0 Å². The Morgan fingerprint density at radius 1 is 1.55 bits per heavy atom. The van der Waals surface area contributed by atoms with Crippen LogP contribution in [-0.4, -0.2) is 5.78 Å². The summed E-state index contributed by atoms with van der Waals surface area (Å²) >= 11 is 1.55. The minimum absolute atomic E-state index is 0.0590. The maximum absolute atomic E-state index is 11.3. The Kier molecular flexibility index (Phi) is 2.25. The van der Waals surface area contributed by atoms with Crippen LogP contribution in [0.25, 0.3) is 0 Å². The van der Waals surface area contributed by atoms with Crippen LogP contribution in [0.2, 0.25) is 0 Å². The van der Waals surface area contributed by atoms with Crippen LogP contribution in [0.15, 0.2) is 22.9 Å². The molecule has 0 aliphatic heterocycles. The number of hydrogen-bond donors (Lipinski definition) is 0. The molecule has 0 saturated carbocycles. The average Bonchev–Trinajstić information content (AvgIpc) is 2.33. The molecule has 0 unspecified atom stereocenters. The van der Waals surface area contributed by atoms with Crippen molar-refractivity contribution < 1.29 is 4.79 Å². The molecule has 0 saturated heterocycles. The van der Waals surface area contributed by atoms with E-state index in [1.54, 1.807) is 18.3 Å². The van der Waals surface area contributed by atoms with E-state index in [2.05, 4.69) is 6.58 Å². The zero-order valence-corrected chi connectivity index (χ0v) is 7.49. The highest BCUT2D eigenvalue weighted by molar-refractivity contribution is 7.08. The molecule has 1 nitrogen and oxygen atoms in total. The summed E-state index contributed by atoms with van der Waals surface area (Å²) in [6.07, 6.45) is 0. The molecule has 0 fully saturated rings. The smallest absolute Gasteiger partial charge is 0.189 e. The van der Waals surface area contributed by atoms with Crippen molar-refractivity contribution >= 4 is 17.1 Å². The van der Waals surface area contributed by atoms with E-state index in [1.807, 2.05) is 17.7 Å². The molecule has 0 aliphatic rings. The molecule has 0 N–H and O–H groups in total. The third kappa shape index (κ3) is 1.57. The maximum Gasteiger partial charge on any atom is 0.189 e. The minimum Gasteiger partial charge on any atom is -0.289 e. The Labute approximate surface area is 70.4 Å². The Balaban J connectivity index is 3.02. The van der Waals surface area contributed by atoms with Gasteiger partial charge in [-0.25, -0.2) is 0 Å². The van der Waals surface area contributed by atoms with Gasteiger partial charge in [0.05, 0.1) is 0 Å². The summed E-state index contributed by atoms with van der Waals surface area (Å²) in [5, 5.41) is 3.84. The molecule has 0 aliphatic carbocycles. The van der Waals surface area contributed by atoms with Crippen LogP contribution < -0.4 is 0 Å². The van der Waals surface area contributed by atoms with Gasteiger partial charge in [0.1, 0.15) is 0 Å². The number of Topliss-reactive ketones (excluding diaryl/α,β-unsaturated/α-hetero) is 1. The van der Waals surface area contributed by atoms with Crippen LogP contribution in [0, 0.1) is 6.92 Å². The molecular formula is C9H10OS. The number of rotatable bonds is 2. The van der Waals surface area contributed by atoms with Crippen LogP contribution in [0.4, 0.5) is 0 Å². The standard InChI is InChI=1S/C9H10OS/c1-6(2)9(10)8-5-11-4-7(8)3/h4-5H,1H2,2-3H3. The van der Waals surface area contributed by atoms with Crippen LogP contribution >= 0.6 is 11.3 Å². The summed E-state index contributed by atoms with van der Waals surface area (Å²) in [6, 6.07) is 0. The minimum atomic E-state index is 0.0590. The number of carbonyl (C=O) groups excluding carboxylic acids is 1. The van der Waals surface area contributed by atoms with E-state index >= 15 is 0 Å². The molecule has 11 heavy (non-hydrogen) atoms. The van der Waals surface area contributed by atoms with E-state index in [0.29, 0.717) is 5.57 Å². The van der Waals surface area contributed by atoms with E-state index in [1.165, 1.54) is 0 Å². The summed E-state index contributed by atoms with van der Waals surface area (Å²) in [5.41, 5.74) is 2.44. The predicted octanol–water partition coefficient (Wildman–Crippen LogP) is 2.82. The second-order valence-corrected chi connectivity index (χ2v) is 3.32. The van der Waals surface area contributed by atoms with Crippen LogP contribution in [0.1, 0.15) is 22.8 Å². The molecule has 0 atom stereocenters. The van der Waals surface area contributed by atoms with Gasteiger partial charge in [0.15, 0.2) is 5.78 Å². The van der Waals surface area contributed by atoms with Crippen molar-refractivity contribution in [3.8, 4) is 0 Å². The van der Waals surface area contributed by atoms with E-state index in [0.717, 1.165) is 11.1 Å². The van der Waals surface area contributed by atoms with Crippen LogP contribution in [0.3, 0.4) is 0 Å². The van der Waals surface area contributed by atoms with Gasteiger partial charge in [-0.3, -0.25) is 4.79 Å². The lowest BCUT2D eigenvalue weighted by Crippen LogP contribution is -1.98. The topological polar surface area (TPSA) is 17.1 Å². The van der Waals surface area contributed by atoms with Gasteiger partial charge >= 0.3 is 0 Å². The number of allylic oxidation sites excluding steroid dienone is 1. The summed E-state index contributed by atoms with van der Waals surface area (Å²) in [6.45, 7) is 7.28. The fraction of sp³-hybridized carbons (Fsp3) is 0.222. The second kappa shape index (κ2) is 3.01. The first-order valence-electron chi connectivity index (χ1n) is 3.36. The zero-order valence-electron chi connectivity index (χ0n) is 6.68. The number of carbonyl (C=O) groups is 1. The van der Waals surface area contributed by atoms with Gasteiger partial charge in [0.2, 0.25) is 0 Å². The van der Waals surface area contributed by atoms with Crippen molar-refractivity contribution in [2.24, 2.45) is 0 Å². The third-order valence-electron chi connectivity index (χ3n) is 1.49. The molecular weight excluding hydrogens is 156 g/mol. The highest BCUT2D eigenvalue weighted by Crippen LogP contribution is 2.16. The number of ketones is 1. The summed E-state index contributed by atoms with van der Waals surface area (Å²) in [4.78, 5) is 11.3. The normalized spacial score (nSPS) is 9.64. The Morgan fingerprint density at radius 2 is 2.18 bits per heavy atom. The van der Waals surface area contributed by atoms with E-state index in [-0.39, 0.29) is 5.78 Å². The van der Waals surface area contributed by atoms with Crippen molar-refractivity contribution in [2.75, 3.05) is 0 Å². The molecule has 0 aromatic carbocycles. The van der Waals surface area contributed by atoms with Crippen molar-refractivity contribution in [3.63, 3.8) is 0 Å². The molecule has 58 valence electrons. The van der Waals surface area contributed by atoms with E-state index in [9.17, 15) is 4.79 Å². The second-order valence-electron chi connectivity index (χ2n) is 2.58. The quantitative estimate of drug-likeness (QED) is 0.487. The van der Waals surface area contributed by atoms with Gasteiger partial charge in [-0.05, 0) is 30.4 Å². The zero-order chi connectivity index (χ0) is 8.43. The Hall–Kier alpha value is -0.890. The number of thiophene rings is 1. The molecule has 0 bridgehead atoms. The van der Waals surface area contributed by atoms with Crippen molar-refractivity contribution in [3.05, 3.63) is 34.0 Å². The van der Waals surface area contributed by atoms with Crippen LogP contribution in [0.5, 0.6) is 0 Å². The van der Waals surface area contributed by atoms with Gasteiger partial charge < -0.3 is 0 Å². The molecule has 0 spiro atoms. The first-order chi connectivity index (χ1) is 5.13. The maximum atomic E-state index is 11.3. The van der Waals surface area contributed by atoms with Crippen molar-refractivity contribution in [2.45, 2.75) is 13.8 Å². The van der Waals surface area contributed by atoms with E-state index in [4.69, 9.17) is 0 Å². The largest absolute Gasteiger partial charge is 0.289 e. The monoisotopic (exact) mass is 166 g/mol. The van der Waals surface area contributed by atoms with Crippen molar-refractivity contribution in [1.82, 2.24) is 0 Å². The Bertz CT molecular complexity index is 296. The van der Waals surface area contributed by atoms with Gasteiger partial charge in [0.25, 0.3) is 0 Å². The molecule has 1 heterocycles. The highest BCUT2D eigenvalue weighted by atomic mass is 32.1. The summed E-state index contributed by atoms with van der Waals surface area (Å²) < 4.78 is 0. The van der Waals surface area contributed by atoms with Gasteiger partial charge in [-0.2, -0.15) is 11.3 Å². The number of aryl methyl sites for hydroxylation is 1. The lowest BCUT2D eigenvalue weighted by molar-refractivity contribution is 0.103. The van der Waals surface area contributed by atoms with E-state index < -0.39 is 0 Å². The summed E-state index contributed by atoms with van der Waals surface area (Å²) in [5.74, 6) is 0.0590. The highest BCUT2D eigenvalue weighted by Gasteiger charge is 2.09. The fourth-order valence-electron chi connectivity index (χ4n) is 0.823. The SMILES string of the molecule is C=C(C)C(=O)c1cscc1C.